The van der Waals surface area contributed by atoms with E-state index in [1.165, 1.54) is 12.1 Å². The molecule has 1 N–H and O–H groups in total. The van der Waals surface area contributed by atoms with Crippen LogP contribution in [-0.2, 0) is 0 Å². The molecule has 0 aromatic heterocycles. The molecule has 1 aliphatic rings. The van der Waals surface area contributed by atoms with Gasteiger partial charge < -0.3 is 10.1 Å². The van der Waals surface area contributed by atoms with E-state index in [-0.39, 0.29) is 5.69 Å². The topological polar surface area (TPSA) is 64.4 Å². The molecule has 16 heavy (non-hydrogen) atoms. The Bertz CT molecular complexity index is 358. The minimum atomic E-state index is -0.412. The van der Waals surface area contributed by atoms with Crippen molar-refractivity contribution < 1.29 is 9.66 Å². The molecule has 86 valence electrons. The molecule has 5 heteroatoms. The van der Waals surface area contributed by atoms with E-state index in [1.807, 2.05) is 0 Å². The summed E-state index contributed by atoms with van der Waals surface area (Å²) in [6, 6.07) is 6.20. The molecule has 1 heterocycles. The third-order valence-electron chi connectivity index (χ3n) is 2.70. The summed E-state index contributed by atoms with van der Waals surface area (Å²) < 4.78 is 5.56. The standard InChI is InChI=1S/C11H14N2O3/c14-13(15)10-1-3-11(4-2-10)16-8-9-5-6-12-7-9/h1-4,9,12H,5-8H2. The lowest BCUT2D eigenvalue weighted by Gasteiger charge is -2.10. The summed E-state index contributed by atoms with van der Waals surface area (Å²) in [5, 5.41) is 13.7. The molecule has 0 bridgehead atoms. The Kier molecular flexibility index (Phi) is 3.36. The van der Waals surface area contributed by atoms with Crippen LogP contribution in [0.4, 0.5) is 5.69 Å². The van der Waals surface area contributed by atoms with E-state index in [0.29, 0.717) is 18.3 Å². The zero-order valence-corrected chi connectivity index (χ0v) is 8.89. The lowest BCUT2D eigenvalue weighted by atomic mass is 10.1. The van der Waals surface area contributed by atoms with Crippen molar-refractivity contribution >= 4 is 5.69 Å². The van der Waals surface area contributed by atoms with Gasteiger partial charge in [0.2, 0.25) is 0 Å². The summed E-state index contributed by atoms with van der Waals surface area (Å²) in [4.78, 5) is 10.0. The Morgan fingerprint density at radius 2 is 2.19 bits per heavy atom. The van der Waals surface area contributed by atoms with Crippen molar-refractivity contribution in [1.82, 2.24) is 5.32 Å². The minimum absolute atomic E-state index is 0.0925. The first-order chi connectivity index (χ1) is 7.75. The van der Waals surface area contributed by atoms with Gasteiger partial charge in [-0.2, -0.15) is 0 Å². The van der Waals surface area contributed by atoms with E-state index in [1.54, 1.807) is 12.1 Å². The highest BCUT2D eigenvalue weighted by molar-refractivity contribution is 5.35. The van der Waals surface area contributed by atoms with Crippen LogP contribution in [0.25, 0.3) is 0 Å². The third kappa shape index (κ3) is 2.70. The quantitative estimate of drug-likeness (QED) is 0.620. The normalized spacial score (nSPS) is 19.6. The molecule has 1 aliphatic heterocycles. The third-order valence-corrected chi connectivity index (χ3v) is 2.70. The minimum Gasteiger partial charge on any atom is -0.493 e. The maximum atomic E-state index is 10.4. The number of benzene rings is 1. The van der Waals surface area contributed by atoms with E-state index >= 15 is 0 Å². The van der Waals surface area contributed by atoms with E-state index in [9.17, 15) is 10.1 Å². The van der Waals surface area contributed by atoms with Gasteiger partial charge in [-0.3, -0.25) is 10.1 Å². The first-order valence-electron chi connectivity index (χ1n) is 5.33. The Labute approximate surface area is 93.6 Å². The molecule has 1 atom stereocenters. The maximum absolute atomic E-state index is 10.4. The number of rotatable bonds is 4. The van der Waals surface area contributed by atoms with Crippen molar-refractivity contribution in [2.45, 2.75) is 6.42 Å². The lowest BCUT2D eigenvalue weighted by Crippen LogP contribution is -2.15. The van der Waals surface area contributed by atoms with Crippen molar-refractivity contribution in [1.29, 1.82) is 0 Å². The van der Waals surface area contributed by atoms with Crippen LogP contribution in [0.2, 0.25) is 0 Å². The summed E-state index contributed by atoms with van der Waals surface area (Å²) in [6.07, 6.45) is 1.13. The van der Waals surface area contributed by atoms with Gasteiger partial charge in [-0.25, -0.2) is 0 Å². The van der Waals surface area contributed by atoms with Gasteiger partial charge >= 0.3 is 0 Å². The van der Waals surface area contributed by atoms with Crippen LogP contribution < -0.4 is 10.1 Å². The van der Waals surface area contributed by atoms with Crippen LogP contribution in [0, 0.1) is 16.0 Å². The fourth-order valence-electron chi connectivity index (χ4n) is 1.73. The summed E-state index contributed by atoms with van der Waals surface area (Å²) in [7, 11) is 0. The Hall–Kier alpha value is -1.62. The number of hydrogen-bond donors (Lipinski definition) is 1. The van der Waals surface area contributed by atoms with Crippen molar-refractivity contribution in [3.8, 4) is 5.75 Å². The summed E-state index contributed by atoms with van der Waals surface area (Å²) >= 11 is 0. The first-order valence-corrected chi connectivity index (χ1v) is 5.33. The number of nitrogens with zero attached hydrogens (tertiary/aromatic N) is 1. The number of nitrogens with one attached hydrogen (secondary N) is 1. The molecule has 0 aliphatic carbocycles. The SMILES string of the molecule is O=[N+]([O-])c1ccc(OCC2CCNC2)cc1. The van der Waals surface area contributed by atoms with Gasteiger partial charge in [0.1, 0.15) is 5.75 Å². The van der Waals surface area contributed by atoms with Crippen molar-refractivity contribution in [2.24, 2.45) is 5.92 Å². The average molecular weight is 222 g/mol. The van der Waals surface area contributed by atoms with Gasteiger partial charge in [0.25, 0.3) is 5.69 Å². The van der Waals surface area contributed by atoms with Crippen LogP contribution >= 0.6 is 0 Å². The van der Waals surface area contributed by atoms with E-state index in [4.69, 9.17) is 4.74 Å². The van der Waals surface area contributed by atoms with Crippen LogP contribution in [-0.4, -0.2) is 24.6 Å². The van der Waals surface area contributed by atoms with Gasteiger partial charge in [-0.15, -0.1) is 0 Å². The smallest absolute Gasteiger partial charge is 0.269 e. The second kappa shape index (κ2) is 4.94. The molecule has 0 radical (unpaired) electrons. The van der Waals surface area contributed by atoms with Gasteiger partial charge in [0, 0.05) is 24.6 Å². The first kappa shape index (κ1) is 10.9. The summed E-state index contributed by atoms with van der Waals surface area (Å²) in [5.74, 6) is 1.24. The predicted octanol–water partition coefficient (Wildman–Crippen LogP) is 1.58. The molecular formula is C11H14N2O3. The highest BCUT2D eigenvalue weighted by atomic mass is 16.6. The van der Waals surface area contributed by atoms with E-state index in [0.717, 1.165) is 19.5 Å². The molecule has 0 saturated carbocycles. The molecule has 0 amide bonds. The lowest BCUT2D eigenvalue weighted by molar-refractivity contribution is -0.384. The summed E-state index contributed by atoms with van der Waals surface area (Å²) in [5.41, 5.74) is 0.0925. The number of nitro groups is 1. The van der Waals surface area contributed by atoms with Crippen LogP contribution in [0.15, 0.2) is 24.3 Å². The van der Waals surface area contributed by atoms with Crippen LogP contribution in [0.1, 0.15) is 6.42 Å². The zero-order chi connectivity index (χ0) is 11.4. The zero-order valence-electron chi connectivity index (χ0n) is 8.89. The van der Waals surface area contributed by atoms with E-state index in [2.05, 4.69) is 5.32 Å². The fourth-order valence-corrected chi connectivity index (χ4v) is 1.73. The van der Waals surface area contributed by atoms with Crippen molar-refractivity contribution in [3.05, 3.63) is 34.4 Å². The number of non-ortho nitro benzene ring substituents is 1. The van der Waals surface area contributed by atoms with Gasteiger partial charge in [-0.05, 0) is 25.1 Å². The maximum Gasteiger partial charge on any atom is 0.269 e. The number of nitro benzene ring substituents is 1. The molecule has 5 nitrogen and oxygen atoms in total. The Balaban J connectivity index is 1.87. The number of hydrogen-bond acceptors (Lipinski definition) is 4. The summed E-state index contributed by atoms with van der Waals surface area (Å²) in [6.45, 7) is 2.71. The fraction of sp³-hybridized carbons (Fsp3) is 0.455. The highest BCUT2D eigenvalue weighted by Gasteiger charge is 2.15. The Morgan fingerprint density at radius 1 is 1.44 bits per heavy atom. The second-order valence-corrected chi connectivity index (χ2v) is 3.92. The average Bonchev–Trinajstić information content (AvgIpc) is 2.80. The van der Waals surface area contributed by atoms with Gasteiger partial charge in [0.15, 0.2) is 0 Å². The molecule has 2 rings (SSSR count). The molecule has 1 aromatic carbocycles. The molecule has 0 spiro atoms. The largest absolute Gasteiger partial charge is 0.493 e. The van der Waals surface area contributed by atoms with Crippen molar-refractivity contribution in [3.63, 3.8) is 0 Å². The van der Waals surface area contributed by atoms with Gasteiger partial charge in [0.05, 0.1) is 11.5 Å². The van der Waals surface area contributed by atoms with E-state index < -0.39 is 4.92 Å². The van der Waals surface area contributed by atoms with Crippen LogP contribution in [0.3, 0.4) is 0 Å². The molecule has 1 aromatic rings. The Morgan fingerprint density at radius 3 is 2.75 bits per heavy atom. The molecule has 1 unspecified atom stereocenters. The van der Waals surface area contributed by atoms with Gasteiger partial charge in [-0.1, -0.05) is 0 Å². The molecular weight excluding hydrogens is 208 g/mol. The predicted molar refractivity (Wildman–Crippen MR) is 59.6 cm³/mol. The van der Waals surface area contributed by atoms with Crippen molar-refractivity contribution in [2.75, 3.05) is 19.7 Å². The highest BCUT2D eigenvalue weighted by Crippen LogP contribution is 2.18. The number of ether oxygens (including phenoxy) is 1. The molecule has 1 fully saturated rings. The second-order valence-electron chi connectivity index (χ2n) is 3.92. The van der Waals surface area contributed by atoms with Crippen LogP contribution in [0.5, 0.6) is 5.75 Å². The molecule has 1 saturated heterocycles. The monoisotopic (exact) mass is 222 g/mol.